The summed E-state index contributed by atoms with van der Waals surface area (Å²) >= 11 is 0. The minimum Gasteiger partial charge on any atom is -0.465 e. The maximum Gasteiger partial charge on any atom is 0.291 e. The smallest absolute Gasteiger partial charge is 0.291 e. The zero-order valence-corrected chi connectivity index (χ0v) is 14.3. The average Bonchev–Trinajstić information content (AvgIpc) is 3.03. The Morgan fingerprint density at radius 2 is 2.12 bits per heavy atom. The fourth-order valence-corrected chi connectivity index (χ4v) is 1.96. The van der Waals surface area contributed by atoms with Crippen LogP contribution in [0.5, 0.6) is 11.5 Å². The van der Waals surface area contributed by atoms with Crippen LogP contribution in [0, 0.1) is 5.92 Å². The van der Waals surface area contributed by atoms with E-state index in [2.05, 4.69) is 10.3 Å². The number of carbonyl (C=O) groups excluding carboxylic acids is 1. The number of nitrogens with one attached hydrogen (secondary N) is 1. The fraction of sp³-hybridized carbons (Fsp3) is 0.529. The summed E-state index contributed by atoms with van der Waals surface area (Å²) in [6.07, 6.45) is 0.755. The number of aliphatic imine (C=N–C) groups is 1. The number of rotatable bonds is 7. The lowest BCUT2D eigenvalue weighted by Gasteiger charge is -2.12. The van der Waals surface area contributed by atoms with Gasteiger partial charge in [-0.15, -0.1) is 0 Å². The molecular weight excluding hydrogens is 312 g/mol. The molecular formula is C17H24N2O5. The highest BCUT2D eigenvalue weighted by atomic mass is 16.7. The highest BCUT2D eigenvalue weighted by molar-refractivity contribution is 6.04. The molecule has 24 heavy (non-hydrogen) atoms. The number of hydrogen-bond donors (Lipinski definition) is 1. The van der Waals surface area contributed by atoms with Gasteiger partial charge in [0.25, 0.3) is 11.9 Å². The number of nitrogens with zero attached hydrogens (tertiary/aromatic N) is 1. The van der Waals surface area contributed by atoms with E-state index in [0.29, 0.717) is 42.7 Å². The third-order valence-electron chi connectivity index (χ3n) is 3.17. The summed E-state index contributed by atoms with van der Waals surface area (Å²) in [6.45, 7) is 5.83. The van der Waals surface area contributed by atoms with Gasteiger partial charge in [-0.1, -0.05) is 13.8 Å². The molecule has 0 saturated carbocycles. The minimum atomic E-state index is -0.303. The summed E-state index contributed by atoms with van der Waals surface area (Å²) in [6, 6.07) is 5.25. The van der Waals surface area contributed by atoms with Gasteiger partial charge in [-0.25, -0.2) is 4.99 Å². The van der Waals surface area contributed by atoms with Crippen LogP contribution in [-0.2, 0) is 9.47 Å². The summed E-state index contributed by atoms with van der Waals surface area (Å²) in [7, 11) is 1.64. The molecule has 0 fully saturated rings. The highest BCUT2D eigenvalue weighted by Crippen LogP contribution is 2.32. The summed E-state index contributed by atoms with van der Waals surface area (Å²) < 4.78 is 21.1. The van der Waals surface area contributed by atoms with E-state index in [1.807, 2.05) is 13.8 Å². The molecule has 1 aliphatic rings. The molecule has 1 aromatic rings. The molecule has 1 heterocycles. The van der Waals surface area contributed by atoms with E-state index in [9.17, 15) is 4.79 Å². The van der Waals surface area contributed by atoms with Crippen molar-refractivity contribution in [3.8, 4) is 11.5 Å². The van der Waals surface area contributed by atoms with Crippen molar-refractivity contribution in [2.45, 2.75) is 20.3 Å². The lowest BCUT2D eigenvalue weighted by molar-refractivity contribution is 0.0962. The largest absolute Gasteiger partial charge is 0.465 e. The molecule has 132 valence electrons. The topological polar surface area (TPSA) is 78.4 Å². The number of amidine groups is 1. The predicted molar refractivity (Wildman–Crippen MR) is 89.6 cm³/mol. The number of fused-ring (bicyclic) bond motifs is 1. The summed E-state index contributed by atoms with van der Waals surface area (Å²) in [5.74, 6) is 1.22. The Morgan fingerprint density at radius 3 is 2.88 bits per heavy atom. The van der Waals surface area contributed by atoms with Gasteiger partial charge < -0.3 is 18.9 Å². The van der Waals surface area contributed by atoms with Crippen molar-refractivity contribution >= 4 is 11.9 Å². The first-order valence-corrected chi connectivity index (χ1v) is 7.97. The zero-order chi connectivity index (χ0) is 17.4. The maximum absolute atomic E-state index is 12.4. The second-order valence-corrected chi connectivity index (χ2v) is 5.76. The summed E-state index contributed by atoms with van der Waals surface area (Å²) in [5, 5.41) is 2.71. The third-order valence-corrected chi connectivity index (χ3v) is 3.17. The van der Waals surface area contributed by atoms with E-state index in [-0.39, 0.29) is 18.7 Å². The van der Waals surface area contributed by atoms with Gasteiger partial charge in [0.2, 0.25) is 6.79 Å². The van der Waals surface area contributed by atoms with E-state index in [1.54, 1.807) is 25.3 Å². The number of carbonyl (C=O) groups is 1. The summed E-state index contributed by atoms with van der Waals surface area (Å²) in [5.41, 5.74) is 0.456. The number of ether oxygens (including phenoxy) is 4. The molecule has 0 spiro atoms. The molecule has 7 heteroatoms. The highest BCUT2D eigenvalue weighted by Gasteiger charge is 2.17. The van der Waals surface area contributed by atoms with Gasteiger partial charge >= 0.3 is 0 Å². The van der Waals surface area contributed by atoms with Gasteiger partial charge in [0.1, 0.15) is 0 Å². The first-order valence-electron chi connectivity index (χ1n) is 7.97. The molecule has 1 N–H and O–H groups in total. The SMILES string of the molecule is COCCCN=C(NC(=O)c1ccc2c(c1)OCO2)OCC(C)C. The zero-order valence-electron chi connectivity index (χ0n) is 14.3. The fourth-order valence-electron chi connectivity index (χ4n) is 1.96. The van der Waals surface area contributed by atoms with E-state index in [4.69, 9.17) is 18.9 Å². The van der Waals surface area contributed by atoms with Crippen LogP contribution in [0.4, 0.5) is 0 Å². The van der Waals surface area contributed by atoms with Crippen molar-refractivity contribution in [3.63, 3.8) is 0 Å². The number of amides is 1. The first-order chi connectivity index (χ1) is 11.6. The molecule has 1 aliphatic heterocycles. The van der Waals surface area contributed by atoms with Crippen molar-refractivity contribution in [1.29, 1.82) is 0 Å². The van der Waals surface area contributed by atoms with Crippen LogP contribution in [0.3, 0.4) is 0 Å². The van der Waals surface area contributed by atoms with Crippen LogP contribution in [0.25, 0.3) is 0 Å². The van der Waals surface area contributed by atoms with Crippen LogP contribution in [0.2, 0.25) is 0 Å². The van der Waals surface area contributed by atoms with E-state index in [0.717, 1.165) is 6.42 Å². The summed E-state index contributed by atoms with van der Waals surface area (Å²) in [4.78, 5) is 16.7. The van der Waals surface area contributed by atoms with Gasteiger partial charge in [0.15, 0.2) is 11.5 Å². The quantitative estimate of drug-likeness (QED) is 0.469. The molecule has 2 rings (SSSR count). The van der Waals surface area contributed by atoms with Crippen molar-refractivity contribution in [1.82, 2.24) is 5.32 Å². The lowest BCUT2D eigenvalue weighted by atomic mass is 10.2. The van der Waals surface area contributed by atoms with Crippen LogP contribution < -0.4 is 14.8 Å². The van der Waals surface area contributed by atoms with E-state index < -0.39 is 0 Å². The molecule has 0 saturated heterocycles. The third kappa shape index (κ3) is 5.42. The molecule has 0 radical (unpaired) electrons. The second kappa shape index (κ2) is 9.12. The van der Waals surface area contributed by atoms with Crippen LogP contribution in [0.1, 0.15) is 30.6 Å². The Morgan fingerprint density at radius 1 is 1.33 bits per heavy atom. The Balaban J connectivity index is 1.99. The molecule has 1 aromatic carbocycles. The number of methoxy groups -OCH3 is 1. The van der Waals surface area contributed by atoms with Crippen molar-refractivity contribution < 1.29 is 23.7 Å². The molecule has 0 aromatic heterocycles. The van der Waals surface area contributed by atoms with Crippen LogP contribution in [0.15, 0.2) is 23.2 Å². The molecule has 0 atom stereocenters. The van der Waals surface area contributed by atoms with Gasteiger partial charge in [-0.3, -0.25) is 10.1 Å². The van der Waals surface area contributed by atoms with Crippen molar-refractivity contribution in [2.24, 2.45) is 10.9 Å². The Bertz CT molecular complexity index is 586. The first kappa shape index (κ1) is 18.1. The predicted octanol–water partition coefficient (Wildman–Crippen LogP) is 2.21. The maximum atomic E-state index is 12.4. The number of benzene rings is 1. The minimum absolute atomic E-state index is 0.171. The van der Waals surface area contributed by atoms with Crippen molar-refractivity contribution in [3.05, 3.63) is 23.8 Å². The average molecular weight is 336 g/mol. The second-order valence-electron chi connectivity index (χ2n) is 5.76. The number of hydrogen-bond acceptors (Lipinski definition) is 6. The monoisotopic (exact) mass is 336 g/mol. The lowest BCUT2D eigenvalue weighted by Crippen LogP contribution is -2.33. The van der Waals surface area contributed by atoms with Gasteiger partial charge in [-0.05, 0) is 30.5 Å². The normalized spacial score (nSPS) is 13.2. The molecule has 1 amide bonds. The Hall–Kier alpha value is -2.28. The molecule has 0 bridgehead atoms. The van der Waals surface area contributed by atoms with Crippen LogP contribution in [-0.4, -0.2) is 45.6 Å². The van der Waals surface area contributed by atoms with Crippen LogP contribution >= 0.6 is 0 Å². The van der Waals surface area contributed by atoms with Crippen molar-refractivity contribution in [2.75, 3.05) is 33.7 Å². The van der Waals surface area contributed by atoms with Gasteiger partial charge in [0.05, 0.1) is 6.61 Å². The van der Waals surface area contributed by atoms with E-state index in [1.165, 1.54) is 0 Å². The standard InChI is InChI=1S/C17H24N2O5/c1-12(2)10-22-17(18-7-4-8-21-3)19-16(20)13-5-6-14-15(9-13)24-11-23-14/h5-6,9,12H,4,7-8,10-11H2,1-3H3,(H,18,19,20). The molecule has 0 unspecified atom stereocenters. The van der Waals surface area contributed by atoms with Gasteiger partial charge in [0, 0.05) is 25.8 Å². The molecule has 7 nitrogen and oxygen atoms in total. The van der Waals surface area contributed by atoms with E-state index >= 15 is 0 Å². The Kier molecular flexibility index (Phi) is 6.87. The Labute approximate surface area is 142 Å². The van der Waals surface area contributed by atoms with Gasteiger partial charge in [-0.2, -0.15) is 0 Å². The molecule has 0 aliphatic carbocycles.